The molecule has 0 heterocycles. The first-order valence-electron chi connectivity index (χ1n) is 10.2. The molecule has 0 bridgehead atoms. The second kappa shape index (κ2) is 10.7. The van der Waals surface area contributed by atoms with E-state index in [4.69, 9.17) is 14.2 Å². The van der Waals surface area contributed by atoms with Gasteiger partial charge in [-0.1, -0.05) is 43.1 Å². The molecule has 0 fully saturated rings. The summed E-state index contributed by atoms with van der Waals surface area (Å²) in [5.41, 5.74) is 1.68. The smallest absolute Gasteiger partial charge is 0.456 e. The van der Waals surface area contributed by atoms with Crippen molar-refractivity contribution in [1.29, 1.82) is 0 Å². The number of rotatable bonds is 8. The number of carbonyl (C=O) groups excluding carboxylic acids is 2. The lowest BCUT2D eigenvalue weighted by atomic mass is 10.2. The Morgan fingerprint density at radius 2 is 1.52 bits per heavy atom. The Balaban J connectivity index is 1.77. The Kier molecular flexibility index (Phi) is 7.74. The molecule has 3 aromatic rings. The minimum atomic E-state index is -0.484. The Morgan fingerprint density at radius 3 is 2.18 bits per heavy atom. The second-order valence-corrected chi connectivity index (χ2v) is 8.52. The van der Waals surface area contributed by atoms with Gasteiger partial charge in [0.15, 0.2) is 0 Å². The maximum absolute atomic E-state index is 11.8. The van der Waals surface area contributed by atoms with Crippen molar-refractivity contribution in [2.45, 2.75) is 30.6 Å². The lowest BCUT2D eigenvalue weighted by Gasteiger charge is -2.14. The first-order valence-corrected chi connectivity index (χ1v) is 11.0. The van der Waals surface area contributed by atoms with Crippen molar-refractivity contribution in [3.05, 3.63) is 96.6 Å². The summed E-state index contributed by atoms with van der Waals surface area (Å²) in [6.07, 6.45) is 0. The minimum absolute atomic E-state index is 0.208. The van der Waals surface area contributed by atoms with Crippen molar-refractivity contribution in [2.75, 3.05) is 0 Å². The van der Waals surface area contributed by atoms with Crippen LogP contribution >= 0.6 is 11.8 Å². The molecule has 0 atom stereocenters. The number of hydrogen-bond donors (Lipinski definition) is 0. The van der Waals surface area contributed by atoms with E-state index in [1.54, 1.807) is 38.1 Å². The molecule has 5 nitrogen and oxygen atoms in total. The van der Waals surface area contributed by atoms with E-state index >= 15 is 0 Å². The lowest BCUT2D eigenvalue weighted by Crippen LogP contribution is -2.08. The highest BCUT2D eigenvalue weighted by molar-refractivity contribution is 7.99. The molecule has 0 aromatic heterocycles. The van der Waals surface area contributed by atoms with Gasteiger partial charge in [0.1, 0.15) is 17.2 Å². The topological polar surface area (TPSA) is 66.2 Å². The van der Waals surface area contributed by atoms with Crippen molar-refractivity contribution in [3.63, 3.8) is 0 Å². The number of hydrogen-bond acceptors (Lipinski definition) is 5. The van der Waals surface area contributed by atoms with Crippen molar-refractivity contribution >= 4 is 23.7 Å². The van der Waals surface area contributed by atoms with Crippen molar-refractivity contribution in [3.8, 4) is 23.0 Å². The average Bonchev–Trinajstić information content (AvgIpc) is 2.78. The number of ether oxygens (including phenoxy) is 3. The van der Waals surface area contributed by atoms with E-state index < -0.39 is 5.97 Å². The monoisotopic (exact) mass is 461 g/mol. The summed E-state index contributed by atoms with van der Waals surface area (Å²) in [4.78, 5) is 23.4. The van der Waals surface area contributed by atoms with Crippen LogP contribution in [0.2, 0.25) is 0 Å². The van der Waals surface area contributed by atoms with Gasteiger partial charge in [0.05, 0.1) is 10.5 Å². The SMILES string of the molecule is C=C(C)C(=O)Oc1ccc(C)c(Oc2ccccc2Sc2ccc(OC(=[OH+])C(=C)C)cc2)c1. The molecule has 168 valence electrons. The molecular formula is C27H25O5S+. The molecule has 1 N–H and O–H groups in total. The largest absolute Gasteiger partial charge is 0.518 e. The molecule has 0 radical (unpaired) electrons. The van der Waals surface area contributed by atoms with E-state index in [1.807, 2.05) is 49.4 Å². The molecule has 0 amide bonds. The molecule has 0 aliphatic rings. The summed E-state index contributed by atoms with van der Waals surface area (Å²) in [7, 11) is 0. The van der Waals surface area contributed by atoms with Gasteiger partial charge >= 0.3 is 11.9 Å². The first-order chi connectivity index (χ1) is 15.7. The molecule has 6 heteroatoms. The molecule has 0 spiro atoms. The molecule has 3 rings (SSSR count). The number of benzene rings is 3. The van der Waals surface area contributed by atoms with Crippen LogP contribution < -0.4 is 14.2 Å². The van der Waals surface area contributed by atoms with E-state index in [0.717, 1.165) is 15.4 Å². The third-order valence-corrected chi connectivity index (χ3v) is 5.48. The van der Waals surface area contributed by atoms with Crippen molar-refractivity contribution < 1.29 is 23.8 Å². The van der Waals surface area contributed by atoms with Gasteiger partial charge in [-0.3, -0.25) is 4.74 Å². The van der Waals surface area contributed by atoms with Crippen LogP contribution in [0.3, 0.4) is 0 Å². The van der Waals surface area contributed by atoms with Crippen LogP contribution in [0.1, 0.15) is 19.4 Å². The highest BCUT2D eigenvalue weighted by Gasteiger charge is 2.16. The van der Waals surface area contributed by atoms with Gasteiger partial charge in [-0.05, 0) is 56.7 Å². The fraction of sp³-hybridized carbons (Fsp3) is 0.111. The van der Waals surface area contributed by atoms with E-state index in [0.29, 0.717) is 34.1 Å². The summed E-state index contributed by atoms with van der Waals surface area (Å²) >= 11 is 1.53. The molecule has 3 aromatic carbocycles. The van der Waals surface area contributed by atoms with Crippen molar-refractivity contribution in [1.82, 2.24) is 0 Å². The van der Waals surface area contributed by atoms with Gasteiger partial charge < -0.3 is 14.3 Å². The second-order valence-electron chi connectivity index (χ2n) is 7.41. The normalized spacial score (nSPS) is 10.3. The van der Waals surface area contributed by atoms with Crippen LogP contribution in [-0.4, -0.2) is 16.7 Å². The summed E-state index contributed by atoms with van der Waals surface area (Å²) in [5.74, 6) is 1.47. The van der Waals surface area contributed by atoms with Crippen LogP contribution in [0.5, 0.6) is 23.0 Å². The third kappa shape index (κ3) is 6.60. The van der Waals surface area contributed by atoms with Gasteiger partial charge in [-0.2, -0.15) is 0 Å². The molecule has 0 saturated heterocycles. The maximum atomic E-state index is 11.8. The first kappa shape index (κ1) is 23.9. The van der Waals surface area contributed by atoms with Crippen LogP contribution in [0.4, 0.5) is 0 Å². The minimum Gasteiger partial charge on any atom is -0.456 e. The zero-order chi connectivity index (χ0) is 24.0. The van der Waals surface area contributed by atoms with Crippen molar-refractivity contribution in [2.24, 2.45) is 0 Å². The van der Waals surface area contributed by atoms with Gasteiger partial charge in [0.25, 0.3) is 0 Å². The van der Waals surface area contributed by atoms with Crippen LogP contribution in [0.15, 0.2) is 101 Å². The van der Waals surface area contributed by atoms with Gasteiger partial charge in [0, 0.05) is 28.7 Å². The van der Waals surface area contributed by atoms with E-state index in [2.05, 4.69) is 13.2 Å². The fourth-order valence-electron chi connectivity index (χ4n) is 2.59. The average molecular weight is 462 g/mol. The van der Waals surface area contributed by atoms with Gasteiger partial charge in [-0.25, -0.2) is 4.79 Å². The molecule has 0 unspecified atom stereocenters. The Morgan fingerprint density at radius 1 is 0.848 bits per heavy atom. The Bertz CT molecular complexity index is 1210. The predicted molar refractivity (Wildman–Crippen MR) is 131 cm³/mol. The van der Waals surface area contributed by atoms with Gasteiger partial charge in [0.2, 0.25) is 5.75 Å². The van der Waals surface area contributed by atoms with Crippen LogP contribution in [-0.2, 0) is 4.79 Å². The summed E-state index contributed by atoms with van der Waals surface area (Å²) in [5, 5.41) is 0. The molecule has 0 aliphatic carbocycles. The summed E-state index contributed by atoms with van der Waals surface area (Å²) in [6, 6.07) is 20.3. The highest BCUT2D eigenvalue weighted by atomic mass is 32.2. The zero-order valence-electron chi connectivity index (χ0n) is 18.8. The van der Waals surface area contributed by atoms with E-state index in [9.17, 15) is 9.59 Å². The van der Waals surface area contributed by atoms with Crippen LogP contribution in [0.25, 0.3) is 0 Å². The third-order valence-electron chi connectivity index (χ3n) is 4.42. The zero-order valence-corrected chi connectivity index (χ0v) is 19.6. The summed E-state index contributed by atoms with van der Waals surface area (Å²) < 4.78 is 16.9. The van der Waals surface area contributed by atoms with Gasteiger partial charge in [-0.15, -0.1) is 0 Å². The number of carbonyl (C=O) groups is 1. The molecular weight excluding hydrogens is 436 g/mol. The standard InChI is InChI=1S/C27H24O5S/c1-17(2)26(28)30-20-12-14-22(15-13-20)33-25-9-7-6-8-23(25)32-24-16-21(11-10-19(24)5)31-27(29)18(3)4/h6-16H,1,3H2,2,4-5H3/p+1. The Labute approximate surface area is 197 Å². The lowest BCUT2D eigenvalue weighted by molar-refractivity contribution is -0.130. The fourth-order valence-corrected chi connectivity index (χ4v) is 3.47. The molecule has 33 heavy (non-hydrogen) atoms. The Hall–Kier alpha value is -3.77. The maximum Gasteiger partial charge on any atom is 0.518 e. The molecule has 0 aliphatic heterocycles. The van der Waals surface area contributed by atoms with Crippen LogP contribution in [0, 0.1) is 6.92 Å². The summed E-state index contributed by atoms with van der Waals surface area (Å²) in [6.45, 7) is 12.4. The predicted octanol–water partition coefficient (Wildman–Crippen LogP) is 6.88. The number of esters is 2. The van der Waals surface area contributed by atoms with E-state index in [-0.39, 0.29) is 5.97 Å². The number of para-hydroxylation sites is 1. The molecule has 0 saturated carbocycles. The quantitative estimate of drug-likeness (QED) is 0.158. The number of aryl methyl sites for hydroxylation is 1. The van der Waals surface area contributed by atoms with E-state index in [1.165, 1.54) is 11.8 Å². The highest BCUT2D eigenvalue weighted by Crippen LogP contribution is 2.39.